The molecule has 8 heteroatoms. The molecule has 8 nitrogen and oxygen atoms in total. The molecule has 0 saturated carbocycles. The summed E-state index contributed by atoms with van der Waals surface area (Å²) >= 11 is 0. The third kappa shape index (κ3) is 2.91. The Hall–Kier alpha value is -1.93. The van der Waals surface area contributed by atoms with Crippen molar-refractivity contribution in [3.8, 4) is 0 Å². The number of nitrogens with two attached hydrogens (primary N) is 1. The summed E-state index contributed by atoms with van der Waals surface area (Å²) in [7, 11) is 0. The van der Waals surface area contributed by atoms with Crippen LogP contribution in [0, 0.1) is 0 Å². The maximum absolute atomic E-state index is 11.7. The van der Waals surface area contributed by atoms with Crippen molar-refractivity contribution in [1.82, 2.24) is 9.55 Å². The van der Waals surface area contributed by atoms with E-state index in [0.29, 0.717) is 0 Å². The van der Waals surface area contributed by atoms with Gasteiger partial charge in [-0.25, -0.2) is 4.79 Å². The van der Waals surface area contributed by atoms with Crippen LogP contribution >= 0.6 is 0 Å². The van der Waals surface area contributed by atoms with E-state index in [1.165, 1.54) is 23.8 Å². The van der Waals surface area contributed by atoms with E-state index in [2.05, 4.69) is 4.98 Å². The lowest BCUT2D eigenvalue weighted by atomic mass is 10.2. The van der Waals surface area contributed by atoms with Crippen LogP contribution in [0.15, 0.2) is 17.1 Å². The van der Waals surface area contributed by atoms with E-state index in [0.717, 1.165) is 0 Å². The first kappa shape index (κ1) is 13.5. The second-order valence-corrected chi connectivity index (χ2v) is 4.24. The number of hydrogen-bond acceptors (Lipinski definition) is 7. The van der Waals surface area contributed by atoms with Gasteiger partial charge in [0.05, 0.1) is 6.61 Å². The van der Waals surface area contributed by atoms with Crippen LogP contribution in [0.5, 0.6) is 0 Å². The third-order valence-electron chi connectivity index (χ3n) is 2.84. The van der Waals surface area contributed by atoms with Gasteiger partial charge in [0, 0.05) is 19.5 Å². The van der Waals surface area contributed by atoms with Gasteiger partial charge >= 0.3 is 11.7 Å². The summed E-state index contributed by atoms with van der Waals surface area (Å²) < 4.78 is 11.8. The number of aliphatic hydroxyl groups excluding tert-OH is 1. The minimum Gasteiger partial charge on any atom is -0.460 e. The normalized spacial score (nSPS) is 26.3. The van der Waals surface area contributed by atoms with E-state index >= 15 is 0 Å². The van der Waals surface area contributed by atoms with E-state index < -0.39 is 30.1 Å². The molecule has 1 saturated heterocycles. The van der Waals surface area contributed by atoms with Crippen LogP contribution in [0.4, 0.5) is 5.82 Å². The fourth-order valence-electron chi connectivity index (χ4n) is 2.02. The van der Waals surface area contributed by atoms with E-state index in [4.69, 9.17) is 15.2 Å². The minimum atomic E-state index is -0.654. The molecule has 0 bridgehead atoms. The number of nitrogens with zero attached hydrogens (tertiary/aromatic N) is 2. The number of anilines is 1. The Morgan fingerprint density at radius 1 is 1.74 bits per heavy atom. The molecule has 1 aliphatic rings. The summed E-state index contributed by atoms with van der Waals surface area (Å²) in [5, 5.41) is 9.19. The molecule has 0 radical (unpaired) electrons. The van der Waals surface area contributed by atoms with Crippen molar-refractivity contribution in [2.75, 3.05) is 12.3 Å². The van der Waals surface area contributed by atoms with Crippen molar-refractivity contribution in [2.45, 2.75) is 31.8 Å². The van der Waals surface area contributed by atoms with Gasteiger partial charge in [-0.1, -0.05) is 0 Å². The van der Waals surface area contributed by atoms with Gasteiger partial charge in [-0.2, -0.15) is 4.98 Å². The number of rotatable bonds is 3. The maximum atomic E-state index is 11.7. The molecule has 0 aliphatic carbocycles. The summed E-state index contributed by atoms with van der Waals surface area (Å²) in [5.74, 6) is -0.343. The Balaban J connectivity index is 2.19. The highest BCUT2D eigenvalue weighted by atomic mass is 16.6. The number of aromatic nitrogens is 2. The summed E-state index contributed by atoms with van der Waals surface area (Å²) in [5.41, 5.74) is 4.85. The highest BCUT2D eigenvalue weighted by molar-refractivity contribution is 5.66. The fourth-order valence-corrected chi connectivity index (χ4v) is 2.02. The number of carbonyl (C=O) groups excluding carboxylic acids is 1. The summed E-state index contributed by atoms with van der Waals surface area (Å²) in [6.45, 7) is 0.976. The van der Waals surface area contributed by atoms with Crippen LogP contribution in [-0.2, 0) is 14.3 Å². The molecular formula is C11H15N3O5. The molecular weight excluding hydrogens is 254 g/mol. The van der Waals surface area contributed by atoms with Crippen molar-refractivity contribution in [3.05, 3.63) is 22.7 Å². The number of ether oxygens (including phenoxy) is 2. The maximum Gasteiger partial charge on any atom is 0.351 e. The topological polar surface area (TPSA) is 117 Å². The van der Waals surface area contributed by atoms with Gasteiger partial charge in [0.15, 0.2) is 0 Å². The lowest BCUT2D eigenvalue weighted by Gasteiger charge is -2.15. The van der Waals surface area contributed by atoms with Gasteiger partial charge in [0.1, 0.15) is 24.3 Å². The van der Waals surface area contributed by atoms with Crippen molar-refractivity contribution >= 4 is 11.8 Å². The van der Waals surface area contributed by atoms with E-state index in [1.54, 1.807) is 0 Å². The van der Waals surface area contributed by atoms with Crippen LogP contribution in [0.2, 0.25) is 0 Å². The highest BCUT2D eigenvalue weighted by Crippen LogP contribution is 2.29. The standard InChI is InChI=1S/C11H15N3O5/c1-6(16)18-7-4-10(19-8(7)5-15)14-3-2-9(12)13-11(14)17/h2-3,7-8,10,15H,4-5H2,1H3,(H2,12,13,17)/t7-,8-,10-/m1/s1. The van der Waals surface area contributed by atoms with Crippen LogP contribution in [0.3, 0.4) is 0 Å². The zero-order valence-electron chi connectivity index (χ0n) is 10.4. The molecule has 1 aromatic heterocycles. The van der Waals surface area contributed by atoms with Crippen molar-refractivity contribution in [2.24, 2.45) is 0 Å². The highest BCUT2D eigenvalue weighted by Gasteiger charge is 2.38. The Morgan fingerprint density at radius 2 is 2.47 bits per heavy atom. The van der Waals surface area contributed by atoms with Crippen LogP contribution < -0.4 is 11.4 Å². The second-order valence-electron chi connectivity index (χ2n) is 4.24. The first-order chi connectivity index (χ1) is 9.01. The summed E-state index contributed by atoms with van der Waals surface area (Å²) in [6, 6.07) is 1.47. The van der Waals surface area contributed by atoms with Gasteiger partial charge < -0.3 is 20.3 Å². The molecule has 19 heavy (non-hydrogen) atoms. The van der Waals surface area contributed by atoms with Crippen LogP contribution in [0.1, 0.15) is 19.6 Å². The summed E-state index contributed by atoms with van der Waals surface area (Å²) in [4.78, 5) is 26.2. The molecule has 2 heterocycles. The van der Waals surface area contributed by atoms with Crippen molar-refractivity contribution < 1.29 is 19.4 Å². The van der Waals surface area contributed by atoms with Crippen molar-refractivity contribution in [3.63, 3.8) is 0 Å². The Morgan fingerprint density at radius 3 is 3.05 bits per heavy atom. The van der Waals surface area contributed by atoms with Crippen molar-refractivity contribution in [1.29, 1.82) is 0 Å². The number of nitrogen functional groups attached to an aromatic ring is 1. The molecule has 0 unspecified atom stereocenters. The molecule has 1 fully saturated rings. The first-order valence-corrected chi connectivity index (χ1v) is 5.79. The Bertz CT molecular complexity index is 529. The zero-order valence-corrected chi connectivity index (χ0v) is 10.4. The molecule has 0 aromatic carbocycles. The zero-order chi connectivity index (χ0) is 14.0. The Labute approximate surface area is 108 Å². The van der Waals surface area contributed by atoms with Gasteiger partial charge in [0.25, 0.3) is 0 Å². The van der Waals surface area contributed by atoms with E-state index in [-0.39, 0.29) is 18.8 Å². The average Bonchev–Trinajstić information content (AvgIpc) is 2.71. The van der Waals surface area contributed by atoms with E-state index in [1.807, 2.05) is 0 Å². The quantitative estimate of drug-likeness (QED) is 0.678. The predicted octanol–water partition coefficient (Wildman–Crippen LogP) is -0.963. The molecule has 104 valence electrons. The average molecular weight is 269 g/mol. The number of aliphatic hydroxyl groups is 1. The predicted molar refractivity (Wildman–Crippen MR) is 64.1 cm³/mol. The molecule has 0 amide bonds. The smallest absolute Gasteiger partial charge is 0.351 e. The monoisotopic (exact) mass is 269 g/mol. The first-order valence-electron chi connectivity index (χ1n) is 5.79. The molecule has 2 rings (SSSR count). The van der Waals surface area contributed by atoms with Gasteiger partial charge in [-0.05, 0) is 6.07 Å². The molecule has 1 aliphatic heterocycles. The van der Waals surface area contributed by atoms with Gasteiger partial charge in [-0.15, -0.1) is 0 Å². The third-order valence-corrected chi connectivity index (χ3v) is 2.84. The van der Waals surface area contributed by atoms with Gasteiger partial charge in [-0.3, -0.25) is 9.36 Å². The molecule has 1 aromatic rings. The van der Waals surface area contributed by atoms with Crippen LogP contribution in [0.25, 0.3) is 0 Å². The van der Waals surface area contributed by atoms with Crippen LogP contribution in [-0.4, -0.2) is 39.4 Å². The lowest BCUT2D eigenvalue weighted by molar-refractivity contribution is -0.150. The minimum absolute atomic E-state index is 0.120. The van der Waals surface area contributed by atoms with Gasteiger partial charge in [0.2, 0.25) is 0 Å². The molecule has 3 N–H and O–H groups in total. The molecule has 0 spiro atoms. The number of esters is 1. The second kappa shape index (κ2) is 5.37. The lowest BCUT2D eigenvalue weighted by Crippen LogP contribution is -2.29. The largest absolute Gasteiger partial charge is 0.460 e. The number of carbonyl (C=O) groups is 1. The van der Waals surface area contributed by atoms with E-state index in [9.17, 15) is 14.7 Å². The Kier molecular flexibility index (Phi) is 3.82. The number of hydrogen-bond donors (Lipinski definition) is 2. The molecule has 3 atom stereocenters. The fraction of sp³-hybridized carbons (Fsp3) is 0.545. The summed E-state index contributed by atoms with van der Waals surface area (Å²) in [6.07, 6.45) is -0.145. The SMILES string of the molecule is CC(=O)O[C@@H]1C[C@H](n2ccc(N)nc2=O)O[C@@H]1CO.